The molecule has 15 heavy (non-hydrogen) atoms. The normalized spacial score (nSPS) is 10.3. The van der Waals surface area contributed by atoms with Gasteiger partial charge in [-0.3, -0.25) is 4.98 Å². The lowest BCUT2D eigenvalue weighted by Crippen LogP contribution is -1.84. The van der Waals surface area contributed by atoms with Crippen molar-refractivity contribution >= 4 is 34.8 Å². The fourth-order valence-electron chi connectivity index (χ4n) is 1.32. The molecule has 1 nitrogen and oxygen atoms in total. The van der Waals surface area contributed by atoms with Gasteiger partial charge >= 0.3 is 0 Å². The van der Waals surface area contributed by atoms with Crippen molar-refractivity contribution in [2.45, 2.75) is 0 Å². The minimum Gasteiger partial charge on any atom is -0.264 e. The minimum absolute atomic E-state index is 0.567. The fourth-order valence-corrected chi connectivity index (χ4v) is 2.12. The van der Waals surface area contributed by atoms with Crippen molar-refractivity contribution in [1.29, 1.82) is 0 Å². The number of aromatic nitrogens is 1. The van der Waals surface area contributed by atoms with Gasteiger partial charge in [-0.05, 0) is 18.2 Å². The van der Waals surface area contributed by atoms with E-state index in [9.17, 15) is 0 Å². The summed E-state index contributed by atoms with van der Waals surface area (Å²) in [4.78, 5) is 4.00. The highest BCUT2D eigenvalue weighted by atomic mass is 35.5. The summed E-state index contributed by atoms with van der Waals surface area (Å²) in [5, 5.41) is 1.72. The topological polar surface area (TPSA) is 12.9 Å². The molecule has 4 heteroatoms. The van der Waals surface area contributed by atoms with Gasteiger partial charge in [0.2, 0.25) is 0 Å². The molecule has 0 saturated heterocycles. The van der Waals surface area contributed by atoms with Gasteiger partial charge in [0, 0.05) is 33.6 Å². The van der Waals surface area contributed by atoms with Crippen LogP contribution in [-0.4, -0.2) is 4.98 Å². The van der Waals surface area contributed by atoms with Crippen molar-refractivity contribution in [3.63, 3.8) is 0 Å². The van der Waals surface area contributed by atoms with E-state index in [1.807, 2.05) is 0 Å². The van der Waals surface area contributed by atoms with Gasteiger partial charge in [-0.25, -0.2) is 0 Å². The van der Waals surface area contributed by atoms with Crippen LogP contribution in [-0.2, 0) is 0 Å². The Kier molecular flexibility index (Phi) is 3.15. The highest BCUT2D eigenvalue weighted by molar-refractivity contribution is 6.41. The smallest absolute Gasteiger partial charge is 0.0516 e. The largest absolute Gasteiger partial charge is 0.264 e. The van der Waals surface area contributed by atoms with Crippen LogP contribution in [0.15, 0.2) is 36.7 Å². The number of rotatable bonds is 1. The van der Waals surface area contributed by atoms with Gasteiger partial charge in [-0.15, -0.1) is 0 Å². The number of hydrogen-bond acceptors (Lipinski definition) is 1. The second kappa shape index (κ2) is 4.40. The molecule has 0 radical (unpaired) electrons. The molecule has 1 heterocycles. The van der Waals surface area contributed by atoms with Crippen molar-refractivity contribution in [1.82, 2.24) is 4.98 Å². The third-order valence-corrected chi connectivity index (χ3v) is 2.96. The predicted molar refractivity (Wildman–Crippen MR) is 64.7 cm³/mol. The highest BCUT2D eigenvalue weighted by Crippen LogP contribution is 2.37. The molecular formula is C11H6Cl3N. The van der Waals surface area contributed by atoms with Crippen LogP contribution in [0, 0.1) is 0 Å². The zero-order valence-electron chi connectivity index (χ0n) is 7.55. The molecule has 0 atom stereocenters. The Bertz CT molecular complexity index is 477. The second-order valence-electron chi connectivity index (χ2n) is 2.95. The average Bonchev–Trinajstić information content (AvgIpc) is 2.20. The molecule has 0 saturated carbocycles. The molecule has 0 aliphatic heterocycles. The van der Waals surface area contributed by atoms with E-state index in [1.165, 1.54) is 0 Å². The van der Waals surface area contributed by atoms with E-state index < -0.39 is 0 Å². The molecule has 76 valence electrons. The maximum Gasteiger partial charge on any atom is 0.0516 e. The standard InChI is InChI=1S/C11H6Cl3N/c12-8-4-5-15-6-7(8)11-9(13)2-1-3-10(11)14/h1-6H. The Morgan fingerprint density at radius 3 is 2.13 bits per heavy atom. The van der Waals surface area contributed by atoms with Crippen LogP contribution in [0.2, 0.25) is 15.1 Å². The molecule has 0 bridgehead atoms. The van der Waals surface area contributed by atoms with Gasteiger partial charge in [0.05, 0.1) is 5.02 Å². The average molecular weight is 259 g/mol. The summed E-state index contributed by atoms with van der Waals surface area (Å²) in [6, 6.07) is 7.03. The first-order valence-electron chi connectivity index (χ1n) is 4.24. The number of nitrogens with zero attached hydrogens (tertiary/aromatic N) is 1. The molecule has 0 amide bonds. The summed E-state index contributed by atoms with van der Waals surface area (Å²) in [5.41, 5.74) is 1.47. The summed E-state index contributed by atoms with van der Waals surface area (Å²) in [6.45, 7) is 0. The van der Waals surface area contributed by atoms with E-state index in [2.05, 4.69) is 4.98 Å². The highest BCUT2D eigenvalue weighted by Gasteiger charge is 2.10. The third-order valence-electron chi connectivity index (χ3n) is 2.00. The Morgan fingerprint density at radius 1 is 0.867 bits per heavy atom. The third kappa shape index (κ3) is 2.10. The Morgan fingerprint density at radius 2 is 1.53 bits per heavy atom. The molecule has 1 aromatic carbocycles. The van der Waals surface area contributed by atoms with E-state index in [1.54, 1.807) is 36.7 Å². The van der Waals surface area contributed by atoms with Crippen LogP contribution in [0.1, 0.15) is 0 Å². The van der Waals surface area contributed by atoms with Gasteiger partial charge in [-0.1, -0.05) is 40.9 Å². The molecule has 0 aliphatic rings. The molecule has 0 aliphatic carbocycles. The van der Waals surface area contributed by atoms with Crippen molar-refractivity contribution < 1.29 is 0 Å². The summed E-state index contributed by atoms with van der Waals surface area (Å²) < 4.78 is 0. The molecule has 0 spiro atoms. The van der Waals surface area contributed by atoms with E-state index in [0.29, 0.717) is 15.1 Å². The molecule has 1 aromatic heterocycles. The van der Waals surface area contributed by atoms with Gasteiger partial charge in [0.1, 0.15) is 0 Å². The SMILES string of the molecule is Clc1ccncc1-c1c(Cl)cccc1Cl. The van der Waals surface area contributed by atoms with Gasteiger partial charge in [-0.2, -0.15) is 0 Å². The fraction of sp³-hybridized carbons (Fsp3) is 0. The summed E-state index contributed by atoms with van der Waals surface area (Å²) in [6.07, 6.45) is 3.27. The molecular weight excluding hydrogens is 252 g/mol. The van der Waals surface area contributed by atoms with E-state index in [0.717, 1.165) is 11.1 Å². The van der Waals surface area contributed by atoms with Crippen LogP contribution in [0.3, 0.4) is 0 Å². The first-order valence-corrected chi connectivity index (χ1v) is 5.37. The maximum atomic E-state index is 6.07. The monoisotopic (exact) mass is 257 g/mol. The minimum atomic E-state index is 0.567. The van der Waals surface area contributed by atoms with E-state index >= 15 is 0 Å². The van der Waals surface area contributed by atoms with Crippen molar-refractivity contribution in [2.75, 3.05) is 0 Å². The quantitative estimate of drug-likeness (QED) is 0.722. The van der Waals surface area contributed by atoms with Crippen LogP contribution in [0.5, 0.6) is 0 Å². The molecule has 0 fully saturated rings. The number of halogens is 3. The second-order valence-corrected chi connectivity index (χ2v) is 4.17. The maximum absolute atomic E-state index is 6.07. The van der Waals surface area contributed by atoms with E-state index in [-0.39, 0.29) is 0 Å². The Hall–Kier alpha value is -0.760. The van der Waals surface area contributed by atoms with Crippen LogP contribution < -0.4 is 0 Å². The molecule has 2 rings (SSSR count). The zero-order valence-corrected chi connectivity index (χ0v) is 9.81. The number of benzene rings is 1. The first kappa shape index (κ1) is 10.7. The lowest BCUT2D eigenvalue weighted by molar-refractivity contribution is 1.33. The van der Waals surface area contributed by atoms with Gasteiger partial charge in [0.15, 0.2) is 0 Å². The van der Waals surface area contributed by atoms with E-state index in [4.69, 9.17) is 34.8 Å². The van der Waals surface area contributed by atoms with Gasteiger partial charge in [0.25, 0.3) is 0 Å². The van der Waals surface area contributed by atoms with Crippen LogP contribution in [0.25, 0.3) is 11.1 Å². The first-order chi connectivity index (χ1) is 7.20. The molecule has 0 N–H and O–H groups in total. The van der Waals surface area contributed by atoms with Gasteiger partial charge < -0.3 is 0 Å². The lowest BCUT2D eigenvalue weighted by Gasteiger charge is -2.07. The predicted octanol–water partition coefficient (Wildman–Crippen LogP) is 4.71. The van der Waals surface area contributed by atoms with Crippen molar-refractivity contribution in [2.24, 2.45) is 0 Å². The molecule has 0 unspecified atom stereocenters. The summed E-state index contributed by atoms with van der Waals surface area (Å²) >= 11 is 18.2. The lowest BCUT2D eigenvalue weighted by atomic mass is 10.1. The zero-order chi connectivity index (χ0) is 10.8. The van der Waals surface area contributed by atoms with Crippen LogP contribution in [0.4, 0.5) is 0 Å². The van der Waals surface area contributed by atoms with Crippen molar-refractivity contribution in [3.05, 3.63) is 51.7 Å². The number of hydrogen-bond donors (Lipinski definition) is 0. The summed E-state index contributed by atoms with van der Waals surface area (Å²) in [5.74, 6) is 0. The Labute approximate surface area is 103 Å². The summed E-state index contributed by atoms with van der Waals surface area (Å²) in [7, 11) is 0. The van der Waals surface area contributed by atoms with Crippen LogP contribution >= 0.6 is 34.8 Å². The van der Waals surface area contributed by atoms with Crippen molar-refractivity contribution in [3.8, 4) is 11.1 Å². The number of pyridine rings is 1. The Balaban J connectivity index is 2.69. The molecule has 2 aromatic rings.